The number of amides is 1. The van der Waals surface area contributed by atoms with E-state index in [0.29, 0.717) is 24.0 Å². The van der Waals surface area contributed by atoms with E-state index in [4.69, 9.17) is 21.5 Å². The van der Waals surface area contributed by atoms with Crippen LogP contribution in [0.1, 0.15) is 36.4 Å². The highest BCUT2D eigenvalue weighted by molar-refractivity contribution is 7.86. The van der Waals surface area contributed by atoms with Gasteiger partial charge in [0.15, 0.2) is 11.5 Å². The Morgan fingerprint density at radius 3 is 2.21 bits per heavy atom. The van der Waals surface area contributed by atoms with Gasteiger partial charge < -0.3 is 9.92 Å². The molecule has 1 atom stereocenters. The number of halogens is 3. The van der Waals surface area contributed by atoms with E-state index in [2.05, 4.69) is 9.98 Å². The average molecular weight is 581 g/mol. The Bertz CT molecular complexity index is 1530. The van der Waals surface area contributed by atoms with Crippen LogP contribution >= 0.6 is 24.0 Å². The Balaban J connectivity index is 0.00000400. The largest absolute Gasteiger partial charge is 0.383 e. The lowest BCUT2D eigenvalue weighted by molar-refractivity contribution is -0.129. The van der Waals surface area contributed by atoms with Gasteiger partial charge in [-0.3, -0.25) is 14.7 Å². The normalized spacial score (nSPS) is 17.3. The minimum atomic E-state index is -3.84. The van der Waals surface area contributed by atoms with Crippen LogP contribution in [0, 0.1) is 5.82 Å². The summed E-state index contributed by atoms with van der Waals surface area (Å²) in [4.78, 5) is 24.2. The molecule has 38 heavy (non-hydrogen) atoms. The Labute approximate surface area is 232 Å². The monoisotopic (exact) mass is 580 g/mol. The Kier molecular flexibility index (Phi) is 8.40. The summed E-state index contributed by atoms with van der Waals surface area (Å²) in [5.41, 5.74) is 7.39. The van der Waals surface area contributed by atoms with Crippen LogP contribution in [0.2, 0.25) is 5.02 Å². The highest BCUT2D eigenvalue weighted by Gasteiger charge is 2.50. The van der Waals surface area contributed by atoms with E-state index in [0.717, 1.165) is 17.6 Å². The maximum Gasteiger partial charge on any atom is 0.306 e. The highest BCUT2D eigenvalue weighted by Crippen LogP contribution is 2.42. The third kappa shape index (κ3) is 5.48. The summed E-state index contributed by atoms with van der Waals surface area (Å²) in [6.45, 7) is 3.92. The van der Waals surface area contributed by atoms with Crippen molar-refractivity contribution >= 4 is 46.0 Å². The van der Waals surface area contributed by atoms with E-state index in [1.807, 2.05) is 26.0 Å². The van der Waals surface area contributed by atoms with Gasteiger partial charge in [-0.1, -0.05) is 31.5 Å². The molecule has 0 fully saturated rings. The minimum Gasteiger partial charge on any atom is -0.383 e. The van der Waals surface area contributed by atoms with Gasteiger partial charge in [-0.25, -0.2) is 9.38 Å². The maximum absolute atomic E-state index is 15.2. The lowest BCUT2D eigenvalue weighted by Gasteiger charge is -2.27. The molecule has 1 unspecified atom stereocenters. The molecule has 2 aromatic carbocycles. The van der Waals surface area contributed by atoms with Crippen molar-refractivity contribution in [2.45, 2.75) is 32.2 Å². The smallest absolute Gasteiger partial charge is 0.306 e. The van der Waals surface area contributed by atoms with E-state index >= 15 is 4.39 Å². The van der Waals surface area contributed by atoms with Crippen molar-refractivity contribution in [2.75, 3.05) is 13.3 Å². The van der Waals surface area contributed by atoms with Crippen molar-refractivity contribution in [3.05, 3.63) is 81.9 Å². The summed E-state index contributed by atoms with van der Waals surface area (Å²) in [5.74, 6) is -1.06. The number of carbonyl (C=O) groups excluding carboxylic acids is 1. The van der Waals surface area contributed by atoms with Gasteiger partial charge in [0.1, 0.15) is 11.6 Å². The van der Waals surface area contributed by atoms with E-state index in [9.17, 15) is 13.2 Å². The second-order valence-corrected chi connectivity index (χ2v) is 10.8. The summed E-state index contributed by atoms with van der Waals surface area (Å²) in [5, 5.41) is 0.143. The van der Waals surface area contributed by atoms with E-state index < -0.39 is 27.4 Å². The van der Waals surface area contributed by atoms with Gasteiger partial charge in [0.25, 0.3) is 5.91 Å². The van der Waals surface area contributed by atoms with Gasteiger partial charge in [0.2, 0.25) is 0 Å². The Hall–Kier alpha value is -3.21. The van der Waals surface area contributed by atoms with Crippen molar-refractivity contribution in [3.8, 4) is 16.9 Å². The van der Waals surface area contributed by atoms with Crippen LogP contribution in [0.4, 0.5) is 4.39 Å². The molecule has 0 bridgehead atoms. The minimum absolute atomic E-state index is 0. The van der Waals surface area contributed by atoms with Gasteiger partial charge >= 0.3 is 10.1 Å². The Morgan fingerprint density at radius 1 is 1.05 bits per heavy atom. The molecule has 0 spiro atoms. The molecule has 1 aromatic heterocycles. The van der Waals surface area contributed by atoms with Crippen molar-refractivity contribution in [2.24, 2.45) is 10.7 Å². The first kappa shape index (κ1) is 29.3. The average Bonchev–Trinajstić information content (AvgIpc) is 3.07. The summed E-state index contributed by atoms with van der Waals surface area (Å²) in [6.07, 6.45) is 2.17. The van der Waals surface area contributed by atoms with Crippen molar-refractivity contribution in [1.29, 1.82) is 0 Å². The van der Waals surface area contributed by atoms with Gasteiger partial charge in [0, 0.05) is 35.1 Å². The molecule has 1 amide bonds. The molecule has 12 heteroatoms. The first-order valence-electron chi connectivity index (χ1n) is 11.5. The fraction of sp³-hybridized carbons (Fsp3) is 0.269. The van der Waals surface area contributed by atoms with Gasteiger partial charge in [0.05, 0.1) is 6.26 Å². The summed E-state index contributed by atoms with van der Waals surface area (Å²) < 4.78 is 43.4. The lowest BCUT2D eigenvalue weighted by Crippen LogP contribution is -2.41. The zero-order valence-corrected chi connectivity index (χ0v) is 23.5. The fourth-order valence-electron chi connectivity index (χ4n) is 4.32. The molecule has 3 aromatic rings. The van der Waals surface area contributed by atoms with Crippen LogP contribution in [-0.4, -0.2) is 43.5 Å². The number of carbonyl (C=O) groups is 1. The lowest BCUT2D eigenvalue weighted by atomic mass is 9.81. The van der Waals surface area contributed by atoms with Crippen LogP contribution in [-0.2, 0) is 33.3 Å². The highest BCUT2D eigenvalue weighted by atomic mass is 35.5. The molecule has 0 saturated heterocycles. The molecular formula is C26H27Cl2FN4O4S. The molecule has 4 rings (SSSR count). The molecule has 2 heterocycles. The van der Waals surface area contributed by atoms with Crippen molar-refractivity contribution < 1.29 is 21.8 Å². The van der Waals surface area contributed by atoms with Gasteiger partial charge in [-0.15, -0.1) is 12.4 Å². The third-order valence-corrected chi connectivity index (χ3v) is 6.84. The number of rotatable bonds is 7. The van der Waals surface area contributed by atoms with Crippen molar-refractivity contribution in [1.82, 2.24) is 9.88 Å². The number of aryl methyl sites for hydroxylation is 2. The van der Waals surface area contributed by atoms with Crippen LogP contribution in [0.25, 0.3) is 11.1 Å². The predicted octanol–water partition coefficient (Wildman–Crippen LogP) is 4.46. The quantitative estimate of drug-likeness (QED) is 0.413. The molecule has 0 saturated carbocycles. The van der Waals surface area contributed by atoms with Crippen molar-refractivity contribution in [3.63, 3.8) is 0 Å². The first-order valence-corrected chi connectivity index (χ1v) is 13.7. The molecule has 2 N–H and O–H groups in total. The number of pyridine rings is 1. The number of hydrogen-bond donors (Lipinski definition) is 1. The number of benzene rings is 2. The third-order valence-electron chi connectivity index (χ3n) is 6.13. The van der Waals surface area contributed by atoms with E-state index in [1.54, 1.807) is 0 Å². The fourth-order valence-corrected chi connectivity index (χ4v) is 4.99. The molecule has 0 aliphatic carbocycles. The molecule has 1 aliphatic rings. The van der Waals surface area contributed by atoms with Crippen LogP contribution in [0.15, 0.2) is 53.5 Å². The topological polar surface area (TPSA) is 115 Å². The summed E-state index contributed by atoms with van der Waals surface area (Å²) in [6, 6.07) is 12.0. The van der Waals surface area contributed by atoms with Crippen LogP contribution < -0.4 is 9.92 Å². The maximum atomic E-state index is 15.2. The predicted molar refractivity (Wildman–Crippen MR) is 148 cm³/mol. The molecule has 8 nitrogen and oxygen atoms in total. The van der Waals surface area contributed by atoms with Gasteiger partial charge in [-0.05, 0) is 65.9 Å². The number of nitrogens with two attached hydrogens (primary N) is 1. The molecule has 202 valence electrons. The van der Waals surface area contributed by atoms with E-state index in [1.165, 1.54) is 48.3 Å². The zero-order valence-electron chi connectivity index (χ0n) is 21.2. The SMILES string of the molecule is CCc1cc(C2(c3ccc(F)c(-c4cc(Cl)cc(OS(C)(=O)=O)c4)c3)N=C(N)N(C)C2=O)cc(CC)n1.Cl. The Morgan fingerprint density at radius 2 is 1.68 bits per heavy atom. The number of aromatic nitrogens is 1. The number of aliphatic imine (C=N–C) groups is 1. The van der Waals surface area contributed by atoms with Crippen LogP contribution in [0.5, 0.6) is 5.75 Å². The summed E-state index contributed by atoms with van der Waals surface area (Å²) >= 11 is 6.20. The molecule has 1 aliphatic heterocycles. The molecule has 0 radical (unpaired) electrons. The molecular weight excluding hydrogens is 554 g/mol. The van der Waals surface area contributed by atoms with Crippen LogP contribution in [0.3, 0.4) is 0 Å². The number of hydrogen-bond acceptors (Lipinski definition) is 7. The number of nitrogens with zero attached hydrogens (tertiary/aromatic N) is 3. The van der Waals surface area contributed by atoms with E-state index in [-0.39, 0.29) is 40.3 Å². The second-order valence-electron chi connectivity index (χ2n) is 8.75. The second kappa shape index (κ2) is 10.9. The van der Waals surface area contributed by atoms with Gasteiger partial charge in [-0.2, -0.15) is 8.42 Å². The summed E-state index contributed by atoms with van der Waals surface area (Å²) in [7, 11) is -2.31. The first-order chi connectivity index (χ1) is 17.4. The number of guanidine groups is 1. The zero-order chi connectivity index (χ0) is 27.1. The standard InChI is InChI=1S/C26H26ClFN4O4S.ClH/c1-5-19-11-17(12-20(6-2)30-19)26(24(33)32(3)25(29)31-26)16-7-8-23(28)22(13-16)15-9-18(27)14-21(10-15)36-37(4,34)35;/h7-14H,5-6H2,1-4H3,(H2,29,31);1H. The number of likely N-dealkylation sites (N-methyl/N-ethyl adjacent to an activating group) is 1.